The molecule has 1 fully saturated rings. The molecule has 120 valence electrons. The highest BCUT2D eigenvalue weighted by molar-refractivity contribution is 7.89. The molecule has 1 amide bonds. The summed E-state index contributed by atoms with van der Waals surface area (Å²) in [7, 11) is -3.69. The maximum absolute atomic E-state index is 12.5. The molecule has 1 saturated heterocycles. The summed E-state index contributed by atoms with van der Waals surface area (Å²) in [5.74, 6) is -0.214. The standard InChI is InChI=1S/C17H18N2O3S/c1-13-7-9-14(10-8-13)19-12-11-16(17(19)20)18-23(21,22)15-5-3-2-4-6-15/h2-10,16,18H,11-12H2,1H3/t16-/m1/s1. The smallest absolute Gasteiger partial charge is 0.245 e. The summed E-state index contributed by atoms with van der Waals surface area (Å²) >= 11 is 0. The molecule has 1 atom stereocenters. The summed E-state index contributed by atoms with van der Waals surface area (Å²) in [6.07, 6.45) is 0.457. The zero-order chi connectivity index (χ0) is 16.4. The summed E-state index contributed by atoms with van der Waals surface area (Å²) in [4.78, 5) is 14.3. The van der Waals surface area contributed by atoms with Crippen LogP contribution in [0.5, 0.6) is 0 Å². The number of nitrogens with one attached hydrogen (secondary N) is 1. The zero-order valence-electron chi connectivity index (χ0n) is 12.8. The van der Waals surface area contributed by atoms with Gasteiger partial charge in [0.2, 0.25) is 15.9 Å². The molecule has 1 aliphatic heterocycles. The Hall–Kier alpha value is -2.18. The lowest BCUT2D eigenvalue weighted by Gasteiger charge is -2.17. The highest BCUT2D eigenvalue weighted by Crippen LogP contribution is 2.23. The third kappa shape index (κ3) is 3.28. The van der Waals surface area contributed by atoms with Crippen LogP contribution in [-0.2, 0) is 14.8 Å². The van der Waals surface area contributed by atoms with Crippen molar-refractivity contribution in [1.29, 1.82) is 0 Å². The maximum atomic E-state index is 12.5. The van der Waals surface area contributed by atoms with E-state index in [9.17, 15) is 13.2 Å². The van der Waals surface area contributed by atoms with Crippen molar-refractivity contribution >= 4 is 21.6 Å². The van der Waals surface area contributed by atoms with Gasteiger partial charge >= 0.3 is 0 Å². The minimum atomic E-state index is -3.69. The molecular formula is C17H18N2O3S. The van der Waals surface area contributed by atoms with E-state index in [1.165, 1.54) is 12.1 Å². The molecule has 0 unspecified atom stereocenters. The molecule has 6 heteroatoms. The Morgan fingerprint density at radius 2 is 1.70 bits per heavy atom. The van der Waals surface area contributed by atoms with Crippen LogP contribution in [0.15, 0.2) is 59.5 Å². The highest BCUT2D eigenvalue weighted by Gasteiger charge is 2.35. The van der Waals surface area contributed by atoms with Crippen molar-refractivity contribution < 1.29 is 13.2 Å². The Balaban J connectivity index is 1.76. The number of hydrogen-bond acceptors (Lipinski definition) is 3. The van der Waals surface area contributed by atoms with Crippen molar-refractivity contribution in [3.05, 3.63) is 60.2 Å². The van der Waals surface area contributed by atoms with E-state index >= 15 is 0 Å². The topological polar surface area (TPSA) is 66.5 Å². The van der Waals surface area contributed by atoms with Gasteiger partial charge in [0.05, 0.1) is 4.90 Å². The molecule has 1 aliphatic rings. The normalized spacial score (nSPS) is 18.4. The highest BCUT2D eigenvalue weighted by atomic mass is 32.2. The average Bonchev–Trinajstić information content (AvgIpc) is 2.90. The molecule has 2 aromatic rings. The van der Waals surface area contributed by atoms with E-state index in [-0.39, 0.29) is 10.8 Å². The monoisotopic (exact) mass is 330 g/mol. The number of aryl methyl sites for hydroxylation is 1. The molecule has 2 aromatic carbocycles. The van der Waals surface area contributed by atoms with Crippen molar-refractivity contribution in [2.75, 3.05) is 11.4 Å². The van der Waals surface area contributed by atoms with Gasteiger partial charge in [-0.1, -0.05) is 35.9 Å². The second-order valence-electron chi connectivity index (χ2n) is 5.60. The van der Waals surface area contributed by atoms with E-state index < -0.39 is 16.1 Å². The van der Waals surface area contributed by atoms with Gasteiger partial charge in [-0.05, 0) is 37.6 Å². The lowest BCUT2D eigenvalue weighted by Crippen LogP contribution is -2.41. The number of benzene rings is 2. The lowest BCUT2D eigenvalue weighted by atomic mass is 10.2. The fourth-order valence-electron chi connectivity index (χ4n) is 2.63. The van der Waals surface area contributed by atoms with E-state index in [1.807, 2.05) is 31.2 Å². The van der Waals surface area contributed by atoms with Gasteiger partial charge in [0.15, 0.2) is 0 Å². The van der Waals surface area contributed by atoms with Gasteiger partial charge in [0, 0.05) is 12.2 Å². The van der Waals surface area contributed by atoms with Crippen molar-refractivity contribution in [3.63, 3.8) is 0 Å². The number of sulfonamides is 1. The van der Waals surface area contributed by atoms with Crippen molar-refractivity contribution in [2.45, 2.75) is 24.3 Å². The number of carbonyl (C=O) groups is 1. The average molecular weight is 330 g/mol. The molecule has 5 nitrogen and oxygen atoms in total. The summed E-state index contributed by atoms with van der Waals surface area (Å²) in [6.45, 7) is 2.48. The van der Waals surface area contributed by atoms with Crippen LogP contribution in [0.25, 0.3) is 0 Å². The van der Waals surface area contributed by atoms with E-state index in [4.69, 9.17) is 0 Å². The second kappa shape index (κ2) is 6.14. The van der Waals surface area contributed by atoms with Crippen molar-refractivity contribution in [1.82, 2.24) is 4.72 Å². The number of hydrogen-bond donors (Lipinski definition) is 1. The number of anilines is 1. The van der Waals surface area contributed by atoms with Crippen molar-refractivity contribution in [2.24, 2.45) is 0 Å². The molecule has 1 N–H and O–H groups in total. The Bertz CT molecular complexity index is 801. The van der Waals surface area contributed by atoms with E-state index in [1.54, 1.807) is 23.1 Å². The number of carbonyl (C=O) groups excluding carboxylic acids is 1. The minimum absolute atomic E-state index is 0.168. The van der Waals surface area contributed by atoms with Gasteiger partial charge < -0.3 is 4.90 Å². The SMILES string of the molecule is Cc1ccc(N2CC[C@@H](NS(=O)(=O)c3ccccc3)C2=O)cc1. The molecule has 1 heterocycles. The molecule has 23 heavy (non-hydrogen) atoms. The predicted molar refractivity (Wildman–Crippen MR) is 88.7 cm³/mol. The Morgan fingerprint density at radius 1 is 1.04 bits per heavy atom. The van der Waals surface area contributed by atoms with Crippen LogP contribution in [-0.4, -0.2) is 26.9 Å². The Morgan fingerprint density at radius 3 is 2.35 bits per heavy atom. The van der Waals surface area contributed by atoms with Crippen LogP contribution in [0.1, 0.15) is 12.0 Å². The fourth-order valence-corrected chi connectivity index (χ4v) is 3.87. The molecule has 0 spiro atoms. The van der Waals surface area contributed by atoms with Gasteiger partial charge in [-0.3, -0.25) is 4.79 Å². The van der Waals surface area contributed by atoms with Crippen LogP contribution in [0, 0.1) is 6.92 Å². The van der Waals surface area contributed by atoms with Gasteiger partial charge in [0.25, 0.3) is 0 Å². The first-order chi connectivity index (χ1) is 11.0. The van der Waals surface area contributed by atoms with Gasteiger partial charge in [-0.2, -0.15) is 4.72 Å². The first kappa shape index (κ1) is 15.7. The maximum Gasteiger partial charge on any atom is 0.245 e. The summed E-state index contributed by atoms with van der Waals surface area (Å²) < 4.78 is 27.2. The van der Waals surface area contributed by atoms with Crippen LogP contribution >= 0.6 is 0 Å². The van der Waals surface area contributed by atoms with Gasteiger partial charge in [-0.25, -0.2) is 8.42 Å². The largest absolute Gasteiger partial charge is 0.311 e. The predicted octanol–water partition coefficient (Wildman–Crippen LogP) is 2.08. The molecule has 0 saturated carbocycles. The van der Waals surface area contributed by atoms with Gasteiger partial charge in [0.1, 0.15) is 6.04 Å². The number of nitrogens with zero attached hydrogens (tertiary/aromatic N) is 1. The van der Waals surface area contributed by atoms with Crippen LogP contribution < -0.4 is 9.62 Å². The molecular weight excluding hydrogens is 312 g/mol. The van der Waals surface area contributed by atoms with Crippen LogP contribution in [0.3, 0.4) is 0 Å². The third-order valence-corrected chi connectivity index (χ3v) is 5.39. The molecule has 0 bridgehead atoms. The van der Waals surface area contributed by atoms with E-state index in [0.717, 1.165) is 11.3 Å². The number of amides is 1. The quantitative estimate of drug-likeness (QED) is 0.933. The van der Waals surface area contributed by atoms with E-state index in [2.05, 4.69) is 4.72 Å². The van der Waals surface area contributed by atoms with Gasteiger partial charge in [-0.15, -0.1) is 0 Å². The van der Waals surface area contributed by atoms with E-state index in [0.29, 0.717) is 13.0 Å². The summed E-state index contributed by atoms with van der Waals surface area (Å²) in [6, 6.07) is 15.0. The lowest BCUT2D eigenvalue weighted by molar-refractivity contribution is -0.118. The second-order valence-corrected chi connectivity index (χ2v) is 7.32. The fraction of sp³-hybridized carbons (Fsp3) is 0.235. The molecule has 0 aromatic heterocycles. The minimum Gasteiger partial charge on any atom is -0.311 e. The Labute approximate surface area is 136 Å². The molecule has 3 rings (SSSR count). The first-order valence-corrected chi connectivity index (χ1v) is 8.91. The third-order valence-electron chi connectivity index (χ3n) is 3.90. The van der Waals surface area contributed by atoms with Crippen LogP contribution in [0.4, 0.5) is 5.69 Å². The van der Waals surface area contributed by atoms with Crippen LogP contribution in [0.2, 0.25) is 0 Å². The molecule has 0 radical (unpaired) electrons. The number of rotatable bonds is 4. The summed E-state index contributed by atoms with van der Waals surface area (Å²) in [5, 5.41) is 0. The zero-order valence-corrected chi connectivity index (χ0v) is 13.6. The molecule has 0 aliphatic carbocycles. The van der Waals surface area contributed by atoms with Crippen molar-refractivity contribution in [3.8, 4) is 0 Å². The Kier molecular flexibility index (Phi) is 4.19. The summed E-state index contributed by atoms with van der Waals surface area (Å²) in [5.41, 5.74) is 1.91. The first-order valence-electron chi connectivity index (χ1n) is 7.43.